The maximum atomic E-state index is 2.30. The van der Waals surface area contributed by atoms with Crippen LogP contribution >= 0.6 is 11.9 Å². The van der Waals surface area contributed by atoms with E-state index in [1.807, 2.05) is 0 Å². The smallest absolute Gasteiger partial charge is 0.0237 e. The maximum absolute atomic E-state index is 2.30. The summed E-state index contributed by atoms with van der Waals surface area (Å²) in [4.78, 5) is 0. The zero-order valence-corrected chi connectivity index (χ0v) is 10.2. The molecule has 0 bridgehead atoms. The molecule has 1 aromatic carbocycles. The predicted molar refractivity (Wildman–Crippen MR) is 65.6 cm³/mol. The van der Waals surface area contributed by atoms with Gasteiger partial charge in [-0.05, 0) is 31.7 Å². The van der Waals surface area contributed by atoms with Gasteiger partial charge in [-0.1, -0.05) is 49.2 Å². The van der Waals surface area contributed by atoms with Crippen LogP contribution in [0.5, 0.6) is 0 Å². The molecule has 1 nitrogen and oxygen atoms in total. The Morgan fingerprint density at radius 3 is 2.21 bits per heavy atom. The van der Waals surface area contributed by atoms with Crippen molar-refractivity contribution in [2.75, 3.05) is 13.3 Å². The van der Waals surface area contributed by atoms with E-state index >= 15 is 0 Å². The molecule has 0 aliphatic carbocycles. The molecule has 0 heterocycles. The minimum absolute atomic E-state index is 0.562. The van der Waals surface area contributed by atoms with Crippen molar-refractivity contribution in [2.24, 2.45) is 0 Å². The summed E-state index contributed by atoms with van der Waals surface area (Å²) < 4.78 is 2.30. The van der Waals surface area contributed by atoms with Gasteiger partial charge in [0.2, 0.25) is 0 Å². The van der Waals surface area contributed by atoms with E-state index in [4.69, 9.17) is 0 Å². The standard InChI is InChI=1S/C12H19NS/c1-10(11(2)13(3)14-4)12-8-6-5-7-9-12/h5-11H,1-4H3/t10-,11-/m0/s1. The van der Waals surface area contributed by atoms with Crippen molar-refractivity contribution in [3.05, 3.63) is 35.9 Å². The molecule has 0 fully saturated rings. The van der Waals surface area contributed by atoms with E-state index in [0.717, 1.165) is 0 Å². The second-order valence-electron chi connectivity index (χ2n) is 3.67. The summed E-state index contributed by atoms with van der Waals surface area (Å²) in [5.74, 6) is 0.577. The molecular weight excluding hydrogens is 190 g/mol. The fourth-order valence-corrected chi connectivity index (χ4v) is 2.03. The Morgan fingerprint density at radius 1 is 1.14 bits per heavy atom. The molecule has 2 atom stereocenters. The molecule has 0 radical (unpaired) electrons. The first-order valence-corrected chi connectivity index (χ1v) is 6.17. The van der Waals surface area contributed by atoms with Crippen LogP contribution in [-0.4, -0.2) is 23.7 Å². The number of hydrogen-bond acceptors (Lipinski definition) is 2. The molecule has 78 valence electrons. The van der Waals surface area contributed by atoms with Crippen molar-refractivity contribution >= 4 is 11.9 Å². The third-order valence-electron chi connectivity index (χ3n) is 2.91. The fourth-order valence-electron chi connectivity index (χ4n) is 1.52. The zero-order chi connectivity index (χ0) is 10.6. The zero-order valence-electron chi connectivity index (χ0n) is 9.40. The third kappa shape index (κ3) is 2.76. The minimum atomic E-state index is 0.562. The van der Waals surface area contributed by atoms with Crippen molar-refractivity contribution in [1.82, 2.24) is 4.31 Å². The van der Waals surface area contributed by atoms with Gasteiger partial charge in [0, 0.05) is 6.04 Å². The van der Waals surface area contributed by atoms with Crippen molar-refractivity contribution in [1.29, 1.82) is 0 Å². The van der Waals surface area contributed by atoms with E-state index in [1.54, 1.807) is 11.9 Å². The highest BCUT2D eigenvalue weighted by molar-refractivity contribution is 7.96. The molecule has 0 amide bonds. The lowest BCUT2D eigenvalue weighted by molar-refractivity contribution is 0.386. The topological polar surface area (TPSA) is 3.24 Å². The number of nitrogens with zero attached hydrogens (tertiary/aromatic N) is 1. The van der Waals surface area contributed by atoms with Gasteiger partial charge < -0.3 is 0 Å². The van der Waals surface area contributed by atoms with Crippen molar-refractivity contribution in [3.63, 3.8) is 0 Å². The minimum Gasteiger partial charge on any atom is -0.251 e. The lowest BCUT2D eigenvalue weighted by Crippen LogP contribution is -2.27. The fraction of sp³-hybridized carbons (Fsp3) is 0.500. The first-order chi connectivity index (χ1) is 6.66. The molecule has 1 aromatic rings. The van der Waals surface area contributed by atoms with Gasteiger partial charge in [0.1, 0.15) is 0 Å². The molecule has 0 saturated carbocycles. The van der Waals surface area contributed by atoms with Gasteiger partial charge in [-0.3, -0.25) is 4.31 Å². The normalized spacial score (nSPS) is 15.5. The van der Waals surface area contributed by atoms with E-state index in [0.29, 0.717) is 12.0 Å². The van der Waals surface area contributed by atoms with Crippen LogP contribution in [0.3, 0.4) is 0 Å². The lowest BCUT2D eigenvalue weighted by atomic mass is 9.95. The second-order valence-corrected chi connectivity index (χ2v) is 4.61. The Hall–Kier alpha value is -0.470. The molecule has 0 aliphatic rings. The van der Waals surface area contributed by atoms with Gasteiger partial charge in [0.05, 0.1) is 0 Å². The molecule has 2 heteroatoms. The maximum Gasteiger partial charge on any atom is 0.0237 e. The Kier molecular flexibility index (Phi) is 4.49. The average Bonchev–Trinajstić information content (AvgIpc) is 2.27. The summed E-state index contributed by atoms with van der Waals surface area (Å²) in [6.45, 7) is 4.56. The Labute approximate surface area is 91.6 Å². The molecule has 0 aromatic heterocycles. The summed E-state index contributed by atoms with van der Waals surface area (Å²) in [7, 11) is 2.15. The molecule has 1 rings (SSSR count). The van der Waals surface area contributed by atoms with Crippen LogP contribution in [0.15, 0.2) is 30.3 Å². The third-order valence-corrected chi connectivity index (χ3v) is 3.82. The second kappa shape index (κ2) is 5.42. The van der Waals surface area contributed by atoms with Crippen LogP contribution < -0.4 is 0 Å². The molecule has 0 unspecified atom stereocenters. The SMILES string of the molecule is CSN(C)[C@@H](C)[C@H](C)c1ccccc1. The summed E-state index contributed by atoms with van der Waals surface area (Å²) >= 11 is 1.79. The monoisotopic (exact) mass is 209 g/mol. The largest absolute Gasteiger partial charge is 0.251 e. The highest BCUT2D eigenvalue weighted by Crippen LogP contribution is 2.24. The van der Waals surface area contributed by atoms with Crippen LogP contribution in [0.2, 0.25) is 0 Å². The molecule has 0 spiro atoms. The van der Waals surface area contributed by atoms with Gasteiger partial charge in [0.15, 0.2) is 0 Å². The van der Waals surface area contributed by atoms with E-state index in [-0.39, 0.29) is 0 Å². The van der Waals surface area contributed by atoms with E-state index in [2.05, 4.69) is 61.8 Å². The van der Waals surface area contributed by atoms with Crippen LogP contribution in [-0.2, 0) is 0 Å². The van der Waals surface area contributed by atoms with Crippen LogP contribution in [0.1, 0.15) is 25.3 Å². The summed E-state index contributed by atoms with van der Waals surface area (Å²) in [6, 6.07) is 11.3. The van der Waals surface area contributed by atoms with E-state index in [1.165, 1.54) is 5.56 Å². The average molecular weight is 209 g/mol. The van der Waals surface area contributed by atoms with Gasteiger partial charge in [-0.25, -0.2) is 0 Å². The molecule has 0 saturated heterocycles. The molecular formula is C12H19NS. The number of hydrogen-bond donors (Lipinski definition) is 0. The number of likely N-dealkylation sites (N-methyl/N-ethyl adjacent to an activating group) is 1. The lowest BCUT2D eigenvalue weighted by Gasteiger charge is -2.28. The van der Waals surface area contributed by atoms with E-state index in [9.17, 15) is 0 Å². The van der Waals surface area contributed by atoms with Gasteiger partial charge in [-0.2, -0.15) is 0 Å². The number of rotatable bonds is 4. The highest BCUT2D eigenvalue weighted by atomic mass is 32.2. The Balaban J connectivity index is 2.70. The molecule has 0 N–H and O–H groups in total. The van der Waals surface area contributed by atoms with Crippen LogP contribution in [0.4, 0.5) is 0 Å². The van der Waals surface area contributed by atoms with Gasteiger partial charge in [-0.15, -0.1) is 0 Å². The molecule has 14 heavy (non-hydrogen) atoms. The van der Waals surface area contributed by atoms with Crippen molar-refractivity contribution in [2.45, 2.75) is 25.8 Å². The Morgan fingerprint density at radius 2 is 1.71 bits per heavy atom. The summed E-state index contributed by atoms with van der Waals surface area (Å²) in [6.07, 6.45) is 2.12. The predicted octanol–water partition coefficient (Wildman–Crippen LogP) is 3.39. The first-order valence-electron chi connectivity index (χ1n) is 4.98. The van der Waals surface area contributed by atoms with E-state index < -0.39 is 0 Å². The highest BCUT2D eigenvalue weighted by Gasteiger charge is 2.17. The summed E-state index contributed by atoms with van der Waals surface area (Å²) in [5, 5.41) is 0. The Bertz CT molecular complexity index is 260. The van der Waals surface area contributed by atoms with Crippen LogP contribution in [0, 0.1) is 0 Å². The molecule has 0 aliphatic heterocycles. The van der Waals surface area contributed by atoms with Gasteiger partial charge >= 0.3 is 0 Å². The number of benzene rings is 1. The summed E-state index contributed by atoms with van der Waals surface area (Å²) in [5.41, 5.74) is 1.42. The van der Waals surface area contributed by atoms with Gasteiger partial charge in [0.25, 0.3) is 0 Å². The van der Waals surface area contributed by atoms with Crippen LogP contribution in [0.25, 0.3) is 0 Å². The van der Waals surface area contributed by atoms with Crippen molar-refractivity contribution < 1.29 is 0 Å². The quantitative estimate of drug-likeness (QED) is 0.699. The van der Waals surface area contributed by atoms with Crippen molar-refractivity contribution in [3.8, 4) is 0 Å². The first kappa shape index (κ1) is 11.6.